The quantitative estimate of drug-likeness (QED) is 0.770. The molecule has 25 heavy (non-hydrogen) atoms. The predicted octanol–water partition coefficient (Wildman–Crippen LogP) is 2.77. The Morgan fingerprint density at radius 3 is 2.84 bits per heavy atom. The molecule has 5 nitrogen and oxygen atoms in total. The number of imidazole rings is 1. The van der Waals surface area contributed by atoms with E-state index in [2.05, 4.69) is 9.97 Å². The van der Waals surface area contributed by atoms with Gasteiger partial charge in [0.25, 0.3) is 5.91 Å². The Morgan fingerprint density at radius 1 is 1.20 bits per heavy atom. The summed E-state index contributed by atoms with van der Waals surface area (Å²) in [6.45, 7) is 0.622. The van der Waals surface area contributed by atoms with Gasteiger partial charge in [-0.15, -0.1) is 0 Å². The fourth-order valence-corrected chi connectivity index (χ4v) is 3.92. The van der Waals surface area contributed by atoms with Gasteiger partial charge in [-0.25, -0.2) is 4.98 Å². The van der Waals surface area contributed by atoms with Crippen LogP contribution in [0.1, 0.15) is 28.8 Å². The first-order valence-electron chi connectivity index (χ1n) is 8.62. The van der Waals surface area contributed by atoms with Crippen LogP contribution in [-0.2, 0) is 6.42 Å². The van der Waals surface area contributed by atoms with Gasteiger partial charge in [-0.1, -0.05) is 36.4 Å². The maximum Gasteiger partial charge on any atom is 0.256 e. The summed E-state index contributed by atoms with van der Waals surface area (Å²) in [5.74, 6) is -0.0554. The first-order chi connectivity index (χ1) is 12.2. The summed E-state index contributed by atoms with van der Waals surface area (Å²) in [7, 11) is 0. The zero-order valence-electron chi connectivity index (χ0n) is 14.0. The molecular formula is C20H21N3O2. The number of carbonyl (C=O) groups is 1. The molecule has 128 valence electrons. The van der Waals surface area contributed by atoms with Gasteiger partial charge in [0.2, 0.25) is 0 Å². The molecule has 1 aliphatic heterocycles. The number of aromatic amines is 1. The number of H-pyrrole nitrogens is 1. The van der Waals surface area contributed by atoms with Crippen molar-refractivity contribution in [1.82, 2.24) is 14.9 Å². The number of likely N-dealkylation sites (tertiary alicyclic amines) is 1. The van der Waals surface area contributed by atoms with Gasteiger partial charge >= 0.3 is 0 Å². The number of rotatable bonds is 4. The van der Waals surface area contributed by atoms with E-state index in [1.165, 1.54) is 0 Å². The lowest BCUT2D eigenvalue weighted by Crippen LogP contribution is -2.51. The molecule has 1 atom stereocenters. The van der Waals surface area contributed by atoms with Crippen molar-refractivity contribution in [3.8, 4) is 0 Å². The topological polar surface area (TPSA) is 69.2 Å². The lowest BCUT2D eigenvalue weighted by atomic mass is 9.88. The van der Waals surface area contributed by atoms with Gasteiger partial charge in [-0.05, 0) is 37.0 Å². The fourth-order valence-electron chi connectivity index (χ4n) is 3.92. The van der Waals surface area contributed by atoms with Crippen LogP contribution in [-0.4, -0.2) is 44.6 Å². The van der Waals surface area contributed by atoms with Gasteiger partial charge in [0, 0.05) is 6.54 Å². The van der Waals surface area contributed by atoms with E-state index in [-0.39, 0.29) is 12.5 Å². The Labute approximate surface area is 146 Å². The van der Waals surface area contributed by atoms with Crippen molar-refractivity contribution in [1.29, 1.82) is 0 Å². The van der Waals surface area contributed by atoms with Crippen molar-refractivity contribution in [3.05, 3.63) is 66.0 Å². The number of nitrogens with zero attached hydrogens (tertiary/aromatic N) is 2. The highest BCUT2D eigenvalue weighted by Gasteiger charge is 2.43. The van der Waals surface area contributed by atoms with E-state index in [9.17, 15) is 9.90 Å². The van der Waals surface area contributed by atoms with Gasteiger partial charge in [0.15, 0.2) is 0 Å². The largest absolute Gasteiger partial charge is 0.394 e. The summed E-state index contributed by atoms with van der Waals surface area (Å²) in [5.41, 5.74) is 2.71. The average molecular weight is 335 g/mol. The van der Waals surface area contributed by atoms with Crippen molar-refractivity contribution < 1.29 is 9.90 Å². The van der Waals surface area contributed by atoms with Crippen LogP contribution in [0.15, 0.2) is 54.9 Å². The molecule has 1 amide bonds. The molecule has 1 saturated heterocycles. The third kappa shape index (κ3) is 2.70. The van der Waals surface area contributed by atoms with Gasteiger partial charge in [0.05, 0.1) is 29.6 Å². The molecule has 0 radical (unpaired) electrons. The second-order valence-electron chi connectivity index (χ2n) is 6.71. The maximum absolute atomic E-state index is 13.3. The molecule has 0 spiro atoms. The molecule has 4 rings (SSSR count). The summed E-state index contributed by atoms with van der Waals surface area (Å²) >= 11 is 0. The minimum absolute atomic E-state index is 0.0375. The molecule has 2 N–H and O–H groups in total. The third-order valence-electron chi connectivity index (χ3n) is 5.19. The normalized spacial score (nSPS) is 20.3. The number of hydrogen-bond donors (Lipinski definition) is 2. The Kier molecular flexibility index (Phi) is 4.01. The van der Waals surface area contributed by atoms with E-state index in [4.69, 9.17) is 0 Å². The number of fused-ring (bicyclic) bond motifs is 1. The summed E-state index contributed by atoms with van der Waals surface area (Å²) in [4.78, 5) is 22.5. The number of aliphatic hydroxyl groups is 1. The Bertz CT molecular complexity index is 890. The smallest absolute Gasteiger partial charge is 0.256 e. The molecule has 1 fully saturated rings. The van der Waals surface area contributed by atoms with Crippen LogP contribution in [0.4, 0.5) is 0 Å². The zero-order chi connectivity index (χ0) is 17.3. The Hall–Kier alpha value is -2.66. The third-order valence-corrected chi connectivity index (χ3v) is 5.19. The number of nitrogens with one attached hydrogen (secondary N) is 1. The minimum atomic E-state index is -0.545. The second kappa shape index (κ2) is 6.33. The Balaban J connectivity index is 1.70. The standard InChI is InChI=1S/C20H21N3O2/c24-13-20(12-15-6-2-1-3-7-15)10-5-11-23(20)19(25)16-8-4-9-17-18(16)22-14-21-17/h1-4,6-9,14,24H,5,10-13H2,(H,21,22). The molecule has 0 bridgehead atoms. The number of amides is 1. The number of para-hydroxylation sites is 1. The number of aliphatic hydroxyl groups excluding tert-OH is 1. The van der Waals surface area contributed by atoms with E-state index < -0.39 is 5.54 Å². The highest BCUT2D eigenvalue weighted by atomic mass is 16.3. The van der Waals surface area contributed by atoms with E-state index in [1.807, 2.05) is 53.4 Å². The second-order valence-corrected chi connectivity index (χ2v) is 6.71. The highest BCUT2D eigenvalue weighted by molar-refractivity contribution is 6.05. The number of carbonyl (C=O) groups excluding carboxylic acids is 1. The van der Waals surface area contributed by atoms with E-state index >= 15 is 0 Å². The molecule has 2 aromatic carbocycles. The summed E-state index contributed by atoms with van der Waals surface area (Å²) in [6.07, 6.45) is 3.97. The summed E-state index contributed by atoms with van der Waals surface area (Å²) < 4.78 is 0. The van der Waals surface area contributed by atoms with Crippen molar-refractivity contribution in [2.45, 2.75) is 24.8 Å². The van der Waals surface area contributed by atoms with E-state index in [0.29, 0.717) is 24.0 Å². The lowest BCUT2D eigenvalue weighted by molar-refractivity contribution is 0.0414. The SMILES string of the molecule is O=C(c1cccc2[nH]cnc12)N1CCCC1(CO)Cc1ccccc1. The summed E-state index contributed by atoms with van der Waals surface area (Å²) in [6, 6.07) is 15.6. The van der Waals surface area contributed by atoms with E-state index in [0.717, 1.165) is 23.9 Å². The molecule has 1 aromatic heterocycles. The van der Waals surface area contributed by atoms with Crippen LogP contribution >= 0.6 is 0 Å². The summed E-state index contributed by atoms with van der Waals surface area (Å²) in [5, 5.41) is 10.2. The van der Waals surface area contributed by atoms with Crippen molar-refractivity contribution in [3.63, 3.8) is 0 Å². The molecule has 0 saturated carbocycles. The first-order valence-corrected chi connectivity index (χ1v) is 8.62. The van der Waals surface area contributed by atoms with Gasteiger partial charge in [-0.2, -0.15) is 0 Å². The number of hydrogen-bond acceptors (Lipinski definition) is 3. The lowest BCUT2D eigenvalue weighted by Gasteiger charge is -2.37. The molecule has 1 unspecified atom stereocenters. The zero-order valence-corrected chi connectivity index (χ0v) is 14.0. The first kappa shape index (κ1) is 15.8. The highest BCUT2D eigenvalue weighted by Crippen LogP contribution is 2.34. The molecule has 2 heterocycles. The minimum Gasteiger partial charge on any atom is -0.394 e. The van der Waals surface area contributed by atoms with Crippen molar-refractivity contribution in [2.75, 3.05) is 13.2 Å². The molecular weight excluding hydrogens is 314 g/mol. The van der Waals surface area contributed by atoms with Crippen LogP contribution in [0, 0.1) is 0 Å². The van der Waals surface area contributed by atoms with Crippen LogP contribution < -0.4 is 0 Å². The molecule has 3 aromatic rings. The van der Waals surface area contributed by atoms with E-state index in [1.54, 1.807) is 6.33 Å². The van der Waals surface area contributed by atoms with Gasteiger partial charge < -0.3 is 15.0 Å². The van der Waals surface area contributed by atoms with Crippen molar-refractivity contribution >= 4 is 16.9 Å². The molecule has 5 heteroatoms. The maximum atomic E-state index is 13.3. The van der Waals surface area contributed by atoms with Crippen molar-refractivity contribution in [2.24, 2.45) is 0 Å². The van der Waals surface area contributed by atoms with Crippen LogP contribution in [0.5, 0.6) is 0 Å². The van der Waals surface area contributed by atoms with Gasteiger partial charge in [0.1, 0.15) is 5.52 Å². The fraction of sp³-hybridized carbons (Fsp3) is 0.300. The number of aromatic nitrogens is 2. The monoisotopic (exact) mass is 335 g/mol. The van der Waals surface area contributed by atoms with Crippen LogP contribution in [0.3, 0.4) is 0 Å². The van der Waals surface area contributed by atoms with Crippen LogP contribution in [0.25, 0.3) is 11.0 Å². The number of benzene rings is 2. The average Bonchev–Trinajstić information content (AvgIpc) is 3.29. The molecule has 1 aliphatic rings. The Morgan fingerprint density at radius 2 is 2.04 bits per heavy atom. The molecule has 0 aliphatic carbocycles. The van der Waals surface area contributed by atoms with Gasteiger partial charge in [-0.3, -0.25) is 4.79 Å². The predicted molar refractivity (Wildman–Crippen MR) is 96.3 cm³/mol. The van der Waals surface area contributed by atoms with Crippen LogP contribution in [0.2, 0.25) is 0 Å².